The van der Waals surface area contributed by atoms with Gasteiger partial charge in [0.15, 0.2) is 0 Å². The highest BCUT2D eigenvalue weighted by atomic mass is 16.1. The van der Waals surface area contributed by atoms with Gasteiger partial charge in [-0.3, -0.25) is 14.4 Å². The molecule has 3 heterocycles. The van der Waals surface area contributed by atoms with Crippen molar-refractivity contribution in [1.29, 1.82) is 0 Å². The summed E-state index contributed by atoms with van der Waals surface area (Å²) in [5.41, 5.74) is 7.63. The van der Waals surface area contributed by atoms with E-state index in [9.17, 15) is 4.79 Å². The molecule has 7 heteroatoms. The lowest BCUT2D eigenvalue weighted by Crippen LogP contribution is -2.38. The van der Waals surface area contributed by atoms with E-state index in [-0.39, 0.29) is 11.8 Å². The lowest BCUT2D eigenvalue weighted by Gasteiger charge is -2.31. The average Bonchev–Trinajstić information content (AvgIpc) is 3.26. The Morgan fingerprint density at radius 2 is 1.75 bits per heavy atom. The number of amides is 1. The van der Waals surface area contributed by atoms with E-state index in [1.54, 1.807) is 0 Å². The molecule has 170 valence electrons. The van der Waals surface area contributed by atoms with Crippen LogP contribution in [0.4, 0.5) is 5.69 Å². The molecule has 1 fully saturated rings. The molecule has 0 spiro atoms. The molecular weight excluding hydrogens is 400 g/mol. The molecule has 7 nitrogen and oxygen atoms in total. The van der Waals surface area contributed by atoms with Gasteiger partial charge in [0.25, 0.3) is 0 Å². The number of aryl methyl sites for hydroxylation is 4. The lowest BCUT2D eigenvalue weighted by molar-refractivity contribution is -0.121. The fourth-order valence-corrected chi connectivity index (χ4v) is 4.67. The van der Waals surface area contributed by atoms with Crippen LogP contribution in [-0.4, -0.2) is 43.5 Å². The summed E-state index contributed by atoms with van der Waals surface area (Å²) in [4.78, 5) is 15.3. The second kappa shape index (κ2) is 9.28. The summed E-state index contributed by atoms with van der Waals surface area (Å²) in [7, 11) is 0. The van der Waals surface area contributed by atoms with Crippen LogP contribution in [0.2, 0.25) is 0 Å². The van der Waals surface area contributed by atoms with E-state index in [4.69, 9.17) is 0 Å². The van der Waals surface area contributed by atoms with Crippen molar-refractivity contribution < 1.29 is 4.79 Å². The molecular formula is C25H34N6O. The highest BCUT2D eigenvalue weighted by molar-refractivity contribution is 5.92. The summed E-state index contributed by atoms with van der Waals surface area (Å²) in [6, 6.07) is 9.96. The van der Waals surface area contributed by atoms with Gasteiger partial charge in [-0.2, -0.15) is 10.2 Å². The second-order valence-corrected chi connectivity index (χ2v) is 8.89. The van der Waals surface area contributed by atoms with E-state index in [2.05, 4.69) is 51.9 Å². The van der Waals surface area contributed by atoms with Crippen molar-refractivity contribution in [2.75, 3.05) is 18.4 Å². The van der Waals surface area contributed by atoms with E-state index < -0.39 is 0 Å². The van der Waals surface area contributed by atoms with Gasteiger partial charge in [0, 0.05) is 41.6 Å². The fraction of sp³-hybridized carbons (Fsp3) is 0.480. The fourth-order valence-electron chi connectivity index (χ4n) is 4.67. The third kappa shape index (κ3) is 4.63. The summed E-state index contributed by atoms with van der Waals surface area (Å²) in [5.74, 6) is 0.178. The lowest BCUT2D eigenvalue weighted by atomic mass is 9.95. The van der Waals surface area contributed by atoms with E-state index in [0.29, 0.717) is 0 Å². The minimum Gasteiger partial charge on any atom is -0.326 e. The Kier molecular flexibility index (Phi) is 6.46. The summed E-state index contributed by atoms with van der Waals surface area (Å²) in [6.45, 7) is 14.1. The molecule has 0 radical (unpaired) electrons. The number of piperidine rings is 1. The molecule has 2 aromatic heterocycles. The van der Waals surface area contributed by atoms with Crippen LogP contribution >= 0.6 is 0 Å². The van der Waals surface area contributed by atoms with Gasteiger partial charge in [0.1, 0.15) is 0 Å². The topological polar surface area (TPSA) is 68.0 Å². The molecule has 4 rings (SSSR count). The van der Waals surface area contributed by atoms with E-state index in [1.165, 1.54) is 11.3 Å². The Hall–Kier alpha value is -2.93. The molecule has 1 N–H and O–H groups in total. The minimum absolute atomic E-state index is 0.0579. The first-order chi connectivity index (χ1) is 15.4. The van der Waals surface area contributed by atoms with Gasteiger partial charge in [-0.05, 0) is 90.9 Å². The number of carbonyl (C=O) groups excluding carboxylic acids is 1. The number of hydrogen-bond donors (Lipinski definition) is 1. The predicted octanol–water partition coefficient (Wildman–Crippen LogP) is 4.17. The first-order valence-electron chi connectivity index (χ1n) is 11.6. The van der Waals surface area contributed by atoms with Crippen LogP contribution in [-0.2, 0) is 17.9 Å². The number of anilines is 1. The first-order valence-corrected chi connectivity index (χ1v) is 11.6. The number of rotatable bonds is 6. The molecule has 0 bridgehead atoms. The molecule has 0 aliphatic carbocycles. The quantitative estimate of drug-likeness (QED) is 0.632. The third-order valence-electron chi connectivity index (χ3n) is 6.56. The summed E-state index contributed by atoms with van der Waals surface area (Å²) >= 11 is 0. The van der Waals surface area contributed by atoms with Crippen molar-refractivity contribution >= 4 is 11.6 Å². The zero-order chi connectivity index (χ0) is 22.8. The Bertz CT molecular complexity index is 1090. The Morgan fingerprint density at radius 3 is 2.31 bits per heavy atom. The van der Waals surface area contributed by atoms with Crippen LogP contribution in [0.25, 0.3) is 5.69 Å². The molecule has 1 aliphatic heterocycles. The normalized spacial score (nSPS) is 15.3. The van der Waals surface area contributed by atoms with Gasteiger partial charge < -0.3 is 5.32 Å². The Labute approximate surface area is 190 Å². The van der Waals surface area contributed by atoms with Gasteiger partial charge in [-0.1, -0.05) is 0 Å². The van der Waals surface area contributed by atoms with Crippen molar-refractivity contribution in [3.05, 3.63) is 58.7 Å². The number of nitrogens with one attached hydrogen (secondary N) is 1. The zero-order valence-corrected chi connectivity index (χ0v) is 19.9. The number of aromatic nitrogens is 4. The standard InChI is InChI=1S/C25H34N6O/c1-6-30-20(5)24(19(4)28-30)16-29-13-11-21(12-14-29)25(32)26-22-7-9-23(10-8-22)31-18(3)15-17(2)27-31/h7-10,15,21H,6,11-14,16H2,1-5H3,(H,26,32). The summed E-state index contributed by atoms with van der Waals surface area (Å²) in [6.07, 6.45) is 1.77. The molecule has 1 aliphatic rings. The molecule has 3 aromatic rings. The summed E-state index contributed by atoms with van der Waals surface area (Å²) in [5, 5.41) is 12.3. The Balaban J connectivity index is 1.31. The first kappa shape index (κ1) is 22.3. The molecule has 1 aromatic carbocycles. The number of benzene rings is 1. The second-order valence-electron chi connectivity index (χ2n) is 8.89. The maximum atomic E-state index is 12.8. The van der Waals surface area contributed by atoms with Crippen molar-refractivity contribution in [3.63, 3.8) is 0 Å². The Morgan fingerprint density at radius 1 is 1.06 bits per heavy atom. The molecule has 1 saturated heterocycles. The molecule has 0 atom stereocenters. The van der Waals surface area contributed by atoms with Gasteiger partial charge in [0.05, 0.1) is 17.1 Å². The predicted molar refractivity (Wildman–Crippen MR) is 127 cm³/mol. The number of nitrogens with zero attached hydrogens (tertiary/aromatic N) is 5. The maximum Gasteiger partial charge on any atom is 0.227 e. The van der Waals surface area contributed by atoms with Crippen LogP contribution < -0.4 is 5.32 Å². The number of carbonyl (C=O) groups is 1. The minimum atomic E-state index is 0.0579. The molecule has 0 unspecified atom stereocenters. The van der Waals surface area contributed by atoms with Crippen molar-refractivity contribution in [1.82, 2.24) is 24.5 Å². The van der Waals surface area contributed by atoms with E-state index in [1.807, 2.05) is 42.8 Å². The van der Waals surface area contributed by atoms with E-state index in [0.717, 1.165) is 67.5 Å². The number of likely N-dealkylation sites (tertiary alicyclic amines) is 1. The number of hydrogen-bond acceptors (Lipinski definition) is 4. The largest absolute Gasteiger partial charge is 0.326 e. The van der Waals surface area contributed by atoms with Crippen molar-refractivity contribution in [2.24, 2.45) is 5.92 Å². The van der Waals surface area contributed by atoms with Gasteiger partial charge in [-0.25, -0.2) is 4.68 Å². The SMILES string of the molecule is CCn1nc(C)c(CN2CCC(C(=O)Nc3ccc(-n4nc(C)cc4C)cc3)CC2)c1C. The molecule has 1 amide bonds. The van der Waals surface area contributed by atoms with Gasteiger partial charge in [0.2, 0.25) is 5.91 Å². The average molecular weight is 435 g/mol. The maximum absolute atomic E-state index is 12.8. The smallest absolute Gasteiger partial charge is 0.227 e. The monoisotopic (exact) mass is 434 g/mol. The molecule has 32 heavy (non-hydrogen) atoms. The zero-order valence-electron chi connectivity index (χ0n) is 19.9. The van der Waals surface area contributed by atoms with Crippen molar-refractivity contribution in [2.45, 2.75) is 60.5 Å². The van der Waals surface area contributed by atoms with Gasteiger partial charge >= 0.3 is 0 Å². The van der Waals surface area contributed by atoms with Crippen LogP contribution in [0.3, 0.4) is 0 Å². The van der Waals surface area contributed by atoms with E-state index >= 15 is 0 Å². The van der Waals surface area contributed by atoms with Crippen LogP contribution in [0.15, 0.2) is 30.3 Å². The highest BCUT2D eigenvalue weighted by Crippen LogP contribution is 2.23. The summed E-state index contributed by atoms with van der Waals surface area (Å²) < 4.78 is 4.00. The third-order valence-corrected chi connectivity index (χ3v) is 6.56. The van der Waals surface area contributed by atoms with Crippen molar-refractivity contribution in [3.8, 4) is 5.69 Å². The van der Waals surface area contributed by atoms with Crippen LogP contribution in [0, 0.1) is 33.6 Å². The van der Waals surface area contributed by atoms with Crippen LogP contribution in [0.1, 0.15) is 48.1 Å². The molecule has 0 saturated carbocycles. The highest BCUT2D eigenvalue weighted by Gasteiger charge is 2.26. The van der Waals surface area contributed by atoms with Gasteiger partial charge in [-0.15, -0.1) is 0 Å². The van der Waals surface area contributed by atoms with Crippen LogP contribution in [0.5, 0.6) is 0 Å².